The summed E-state index contributed by atoms with van der Waals surface area (Å²) >= 11 is 3.47. The van der Waals surface area contributed by atoms with Gasteiger partial charge in [0.1, 0.15) is 33.0 Å². The van der Waals surface area contributed by atoms with Crippen LogP contribution in [0.1, 0.15) is 23.2 Å². The first kappa shape index (κ1) is 22.9. The molecule has 1 saturated heterocycles. The van der Waals surface area contributed by atoms with Gasteiger partial charge in [-0.2, -0.15) is 5.10 Å². The number of primary amides is 1. The van der Waals surface area contributed by atoms with E-state index in [0.717, 1.165) is 18.5 Å². The molecule has 1 aromatic carbocycles. The molecule has 0 unspecified atom stereocenters. The van der Waals surface area contributed by atoms with Crippen molar-refractivity contribution in [1.29, 1.82) is 0 Å². The summed E-state index contributed by atoms with van der Waals surface area (Å²) in [5.74, 6) is 1.24. The second kappa shape index (κ2) is 9.30. The maximum atomic E-state index is 12.5. The number of allylic oxidation sites excluding steroid dienone is 1. The number of nitrogens with one attached hydrogen (secondary N) is 1. The lowest BCUT2D eigenvalue weighted by molar-refractivity contribution is -0.127. The van der Waals surface area contributed by atoms with Gasteiger partial charge < -0.3 is 25.4 Å². The van der Waals surface area contributed by atoms with E-state index in [0.29, 0.717) is 58.2 Å². The number of piperidine rings is 1. The predicted molar refractivity (Wildman–Crippen MR) is 129 cm³/mol. The van der Waals surface area contributed by atoms with Crippen LogP contribution in [-0.4, -0.2) is 60.3 Å². The third-order valence-electron chi connectivity index (χ3n) is 6.08. The van der Waals surface area contributed by atoms with Crippen LogP contribution in [0.3, 0.4) is 0 Å². The maximum absolute atomic E-state index is 12.5. The van der Waals surface area contributed by atoms with E-state index >= 15 is 0 Å². The number of nitrogens with two attached hydrogens (primary N) is 1. The summed E-state index contributed by atoms with van der Waals surface area (Å²) in [6.45, 7) is 5.42. The summed E-state index contributed by atoms with van der Waals surface area (Å²) in [4.78, 5) is 26.3. The molecular formula is C23H26BrN5O4. The van der Waals surface area contributed by atoms with E-state index in [1.165, 1.54) is 6.08 Å². The molecule has 0 atom stereocenters. The Bertz CT molecular complexity index is 1120. The van der Waals surface area contributed by atoms with Crippen LogP contribution in [0.2, 0.25) is 0 Å². The van der Waals surface area contributed by atoms with Crippen molar-refractivity contribution in [3.63, 3.8) is 0 Å². The number of methoxy groups -OCH3 is 2. The van der Waals surface area contributed by atoms with Gasteiger partial charge in [-0.15, -0.1) is 0 Å². The Hall–Kier alpha value is -3.27. The van der Waals surface area contributed by atoms with Gasteiger partial charge in [0.05, 0.1) is 14.2 Å². The van der Waals surface area contributed by atoms with E-state index in [4.69, 9.17) is 20.3 Å². The summed E-state index contributed by atoms with van der Waals surface area (Å²) < 4.78 is 13.4. The van der Waals surface area contributed by atoms with Crippen molar-refractivity contribution in [1.82, 2.24) is 14.7 Å². The van der Waals surface area contributed by atoms with Crippen LogP contribution < -0.4 is 20.5 Å². The molecule has 2 aliphatic rings. The average molecular weight is 516 g/mol. The normalized spacial score (nSPS) is 15.8. The maximum Gasteiger partial charge on any atom is 0.254 e. The van der Waals surface area contributed by atoms with Gasteiger partial charge in [0.2, 0.25) is 5.91 Å². The summed E-state index contributed by atoms with van der Waals surface area (Å²) in [6.07, 6.45) is 5.02. The highest BCUT2D eigenvalue weighted by Crippen LogP contribution is 2.42. The number of ether oxygens (including phenoxy) is 2. The lowest BCUT2D eigenvalue weighted by Crippen LogP contribution is -2.38. The van der Waals surface area contributed by atoms with Crippen molar-refractivity contribution in [2.75, 3.05) is 39.2 Å². The predicted octanol–water partition coefficient (Wildman–Crippen LogP) is 3.12. The number of rotatable bonds is 6. The number of hydrogen-bond acceptors (Lipinski definition) is 6. The highest BCUT2D eigenvalue weighted by atomic mass is 79.9. The van der Waals surface area contributed by atoms with Crippen molar-refractivity contribution >= 4 is 39.3 Å². The number of carbonyl (C=O) groups excluding carboxylic acids is 2. The van der Waals surface area contributed by atoms with Crippen molar-refractivity contribution < 1.29 is 19.1 Å². The van der Waals surface area contributed by atoms with E-state index < -0.39 is 5.91 Å². The van der Waals surface area contributed by atoms with Gasteiger partial charge >= 0.3 is 0 Å². The van der Waals surface area contributed by atoms with E-state index in [2.05, 4.69) is 33.9 Å². The third kappa shape index (κ3) is 4.10. The number of carbonyl (C=O) groups is 2. The third-order valence-corrected chi connectivity index (χ3v) is 6.86. The number of halogens is 1. The van der Waals surface area contributed by atoms with Gasteiger partial charge in [0.15, 0.2) is 0 Å². The topological polar surface area (TPSA) is 112 Å². The number of amides is 2. The zero-order valence-corrected chi connectivity index (χ0v) is 20.1. The minimum atomic E-state index is -0.577. The largest absolute Gasteiger partial charge is 0.495 e. The summed E-state index contributed by atoms with van der Waals surface area (Å²) in [7, 11) is 3.12. The number of benzene rings is 1. The number of aromatic nitrogens is 2. The molecule has 4 rings (SSSR count). The molecule has 1 fully saturated rings. The van der Waals surface area contributed by atoms with Crippen molar-refractivity contribution in [3.05, 3.63) is 40.9 Å². The van der Waals surface area contributed by atoms with Gasteiger partial charge in [-0.05, 0) is 53.1 Å². The molecule has 9 nitrogen and oxygen atoms in total. The zero-order valence-electron chi connectivity index (χ0n) is 18.6. The molecule has 0 aliphatic carbocycles. The second-order valence-electron chi connectivity index (χ2n) is 7.86. The SMILES string of the molecule is C=CC(=O)N1CCC(C2=CCNc3c(C(N)=O)c(-c4cc(OC)c(Br)c(OC)c4)nn32)CC1. The lowest BCUT2D eigenvalue weighted by atomic mass is 9.92. The molecule has 0 radical (unpaired) electrons. The van der Waals surface area contributed by atoms with Crippen molar-refractivity contribution in [3.8, 4) is 22.8 Å². The molecule has 3 heterocycles. The number of nitrogens with zero attached hydrogens (tertiary/aromatic N) is 3. The van der Waals surface area contributed by atoms with Crippen LogP contribution in [-0.2, 0) is 4.79 Å². The number of likely N-dealkylation sites (tertiary alicyclic amines) is 1. The van der Waals surface area contributed by atoms with Crippen LogP contribution >= 0.6 is 15.9 Å². The highest BCUT2D eigenvalue weighted by Gasteiger charge is 2.32. The monoisotopic (exact) mass is 515 g/mol. The molecule has 10 heteroatoms. The minimum Gasteiger partial charge on any atom is -0.495 e. The van der Waals surface area contributed by atoms with E-state index in [9.17, 15) is 9.59 Å². The first-order chi connectivity index (χ1) is 15.9. The Balaban J connectivity index is 1.75. The Morgan fingerprint density at radius 2 is 1.88 bits per heavy atom. The molecule has 0 spiro atoms. The van der Waals surface area contributed by atoms with Gasteiger partial charge in [0, 0.05) is 36.8 Å². The standard InChI is InChI=1S/C23H26BrN5O4/c1-4-18(30)28-9-6-13(7-10-28)15-5-8-26-23-19(22(25)31)21(27-29(15)23)14-11-16(32-2)20(24)17(12-14)33-3/h4-5,11-13,26H,1,6-10H2,2-3H3,(H2,25,31). The molecule has 0 bridgehead atoms. The van der Waals surface area contributed by atoms with E-state index in [-0.39, 0.29) is 11.8 Å². The molecular weight excluding hydrogens is 490 g/mol. The Kier molecular flexibility index (Phi) is 6.46. The number of fused-ring (bicyclic) bond motifs is 1. The molecule has 33 heavy (non-hydrogen) atoms. The van der Waals surface area contributed by atoms with Gasteiger partial charge in [0.25, 0.3) is 5.91 Å². The molecule has 2 aromatic rings. The van der Waals surface area contributed by atoms with Crippen molar-refractivity contribution in [2.45, 2.75) is 12.8 Å². The molecule has 2 amide bonds. The fourth-order valence-corrected chi connectivity index (χ4v) is 4.97. The molecule has 3 N–H and O–H groups in total. The molecule has 1 aromatic heterocycles. The number of anilines is 1. The fraction of sp³-hybridized carbons (Fsp3) is 0.348. The second-order valence-corrected chi connectivity index (χ2v) is 8.65. The number of hydrogen-bond donors (Lipinski definition) is 2. The minimum absolute atomic E-state index is 0.0519. The zero-order chi connectivity index (χ0) is 23.7. The Morgan fingerprint density at radius 3 is 2.42 bits per heavy atom. The summed E-state index contributed by atoms with van der Waals surface area (Å²) in [6, 6.07) is 3.58. The lowest BCUT2D eigenvalue weighted by Gasteiger charge is -2.34. The molecule has 174 valence electrons. The Labute approximate surface area is 200 Å². The Morgan fingerprint density at radius 1 is 1.24 bits per heavy atom. The van der Waals surface area contributed by atoms with Crippen LogP contribution in [0.15, 0.2) is 35.3 Å². The smallest absolute Gasteiger partial charge is 0.254 e. The molecule has 2 aliphatic heterocycles. The van der Waals surface area contributed by atoms with E-state index in [1.807, 2.05) is 0 Å². The fourth-order valence-electron chi connectivity index (χ4n) is 4.41. The van der Waals surface area contributed by atoms with Gasteiger partial charge in [-0.3, -0.25) is 9.59 Å². The highest BCUT2D eigenvalue weighted by molar-refractivity contribution is 9.10. The van der Waals surface area contributed by atoms with Crippen LogP contribution in [0.4, 0.5) is 5.82 Å². The average Bonchev–Trinajstić information content (AvgIpc) is 3.24. The van der Waals surface area contributed by atoms with Crippen LogP contribution in [0.25, 0.3) is 17.0 Å². The van der Waals surface area contributed by atoms with Crippen LogP contribution in [0.5, 0.6) is 11.5 Å². The first-order valence-electron chi connectivity index (χ1n) is 10.6. The van der Waals surface area contributed by atoms with Crippen LogP contribution in [0, 0.1) is 5.92 Å². The summed E-state index contributed by atoms with van der Waals surface area (Å²) in [5, 5.41) is 8.06. The van der Waals surface area contributed by atoms with Crippen molar-refractivity contribution in [2.24, 2.45) is 11.7 Å². The van der Waals surface area contributed by atoms with E-state index in [1.54, 1.807) is 35.9 Å². The van der Waals surface area contributed by atoms with Gasteiger partial charge in [-0.25, -0.2) is 4.68 Å². The first-order valence-corrected chi connectivity index (χ1v) is 11.4. The summed E-state index contributed by atoms with van der Waals surface area (Å²) in [5.41, 5.74) is 8.21. The molecule has 0 saturated carbocycles. The van der Waals surface area contributed by atoms with Gasteiger partial charge in [-0.1, -0.05) is 6.58 Å². The quantitative estimate of drug-likeness (QED) is 0.571.